The minimum Gasteiger partial charge on any atom is -0.489 e. The summed E-state index contributed by atoms with van der Waals surface area (Å²) in [6, 6.07) is 14.9. The standard InChI is InChI=1S/C16H15ClN2O/c1-11(19)13-4-6-15(7-5-13)20-10-14-3-2-12(9-18)8-16(14)17/h2-8,11H,10,19H2,1H3/t11-/m0/s1. The van der Waals surface area contributed by atoms with Crippen LogP contribution >= 0.6 is 11.6 Å². The van der Waals surface area contributed by atoms with Crippen molar-refractivity contribution in [1.29, 1.82) is 5.26 Å². The van der Waals surface area contributed by atoms with Crippen molar-refractivity contribution in [1.82, 2.24) is 0 Å². The van der Waals surface area contributed by atoms with Crippen molar-refractivity contribution < 1.29 is 4.74 Å². The largest absolute Gasteiger partial charge is 0.489 e. The molecule has 2 rings (SSSR count). The minimum atomic E-state index is 0.0111. The zero-order chi connectivity index (χ0) is 14.5. The van der Waals surface area contributed by atoms with E-state index in [1.807, 2.05) is 37.3 Å². The molecular weight excluding hydrogens is 272 g/mol. The van der Waals surface area contributed by atoms with Gasteiger partial charge in [0.15, 0.2) is 0 Å². The second kappa shape index (κ2) is 6.42. The highest BCUT2D eigenvalue weighted by Gasteiger charge is 2.04. The number of benzene rings is 2. The Bertz CT molecular complexity index is 630. The Hall–Kier alpha value is -2.02. The third-order valence-electron chi connectivity index (χ3n) is 2.98. The molecule has 0 heterocycles. The van der Waals surface area contributed by atoms with E-state index in [4.69, 9.17) is 27.3 Å². The van der Waals surface area contributed by atoms with Crippen LogP contribution in [-0.2, 0) is 6.61 Å². The molecule has 3 nitrogen and oxygen atoms in total. The van der Waals surface area contributed by atoms with Crippen LogP contribution in [0, 0.1) is 11.3 Å². The SMILES string of the molecule is C[C@H](N)c1ccc(OCc2ccc(C#N)cc2Cl)cc1. The summed E-state index contributed by atoms with van der Waals surface area (Å²) in [5.41, 5.74) is 8.25. The molecule has 0 aliphatic heterocycles. The van der Waals surface area contributed by atoms with Gasteiger partial charge in [-0.2, -0.15) is 5.26 Å². The number of hydrogen-bond donors (Lipinski definition) is 1. The summed E-state index contributed by atoms with van der Waals surface area (Å²) < 4.78 is 5.67. The van der Waals surface area contributed by atoms with Crippen LogP contribution in [0.3, 0.4) is 0 Å². The molecule has 0 radical (unpaired) electrons. The van der Waals surface area contributed by atoms with Gasteiger partial charge in [0.1, 0.15) is 12.4 Å². The van der Waals surface area contributed by atoms with Gasteiger partial charge >= 0.3 is 0 Å². The van der Waals surface area contributed by atoms with Crippen molar-refractivity contribution in [2.45, 2.75) is 19.6 Å². The highest BCUT2D eigenvalue weighted by atomic mass is 35.5. The molecule has 102 valence electrons. The molecule has 0 fully saturated rings. The molecule has 0 amide bonds. The Morgan fingerprint density at radius 2 is 1.95 bits per heavy atom. The molecule has 0 spiro atoms. The van der Waals surface area contributed by atoms with Gasteiger partial charge < -0.3 is 10.5 Å². The minimum absolute atomic E-state index is 0.0111. The number of nitrogens with two attached hydrogens (primary N) is 1. The summed E-state index contributed by atoms with van der Waals surface area (Å²) in [5.74, 6) is 0.759. The van der Waals surface area contributed by atoms with Gasteiger partial charge in [0.05, 0.1) is 11.6 Å². The number of nitriles is 1. The topological polar surface area (TPSA) is 59.0 Å². The van der Waals surface area contributed by atoms with E-state index < -0.39 is 0 Å². The first kappa shape index (κ1) is 14.4. The van der Waals surface area contributed by atoms with Crippen molar-refractivity contribution in [3.8, 4) is 11.8 Å². The Morgan fingerprint density at radius 1 is 1.25 bits per heavy atom. The van der Waals surface area contributed by atoms with E-state index in [2.05, 4.69) is 0 Å². The number of nitrogens with zero attached hydrogens (tertiary/aromatic N) is 1. The summed E-state index contributed by atoms with van der Waals surface area (Å²) in [7, 11) is 0. The summed E-state index contributed by atoms with van der Waals surface area (Å²) >= 11 is 6.09. The first-order chi connectivity index (χ1) is 9.60. The van der Waals surface area contributed by atoms with Crippen molar-refractivity contribution in [2.75, 3.05) is 0 Å². The molecule has 0 saturated heterocycles. The highest BCUT2D eigenvalue weighted by Crippen LogP contribution is 2.21. The lowest BCUT2D eigenvalue weighted by Crippen LogP contribution is -2.04. The molecule has 0 aliphatic rings. The highest BCUT2D eigenvalue weighted by molar-refractivity contribution is 6.31. The third-order valence-corrected chi connectivity index (χ3v) is 3.33. The van der Waals surface area contributed by atoms with E-state index >= 15 is 0 Å². The van der Waals surface area contributed by atoms with Crippen LogP contribution in [0.4, 0.5) is 0 Å². The monoisotopic (exact) mass is 286 g/mol. The number of hydrogen-bond acceptors (Lipinski definition) is 3. The van der Waals surface area contributed by atoms with Crippen LogP contribution in [0.2, 0.25) is 5.02 Å². The molecule has 2 aromatic rings. The maximum atomic E-state index is 8.78. The number of ether oxygens (including phenoxy) is 1. The second-order valence-corrected chi connectivity index (χ2v) is 4.97. The Morgan fingerprint density at radius 3 is 2.50 bits per heavy atom. The third kappa shape index (κ3) is 3.51. The maximum Gasteiger partial charge on any atom is 0.119 e. The van der Waals surface area contributed by atoms with Crippen LogP contribution in [0.5, 0.6) is 5.75 Å². The van der Waals surface area contributed by atoms with Crippen molar-refractivity contribution in [2.24, 2.45) is 5.73 Å². The van der Waals surface area contributed by atoms with Crippen LogP contribution < -0.4 is 10.5 Å². The normalized spacial score (nSPS) is 11.7. The molecule has 4 heteroatoms. The molecule has 0 saturated carbocycles. The fourth-order valence-corrected chi connectivity index (χ4v) is 2.00. The molecule has 0 aromatic heterocycles. The maximum absolute atomic E-state index is 8.78. The molecular formula is C16H15ClN2O. The smallest absolute Gasteiger partial charge is 0.119 e. The molecule has 0 aliphatic carbocycles. The molecule has 2 N–H and O–H groups in total. The van der Waals surface area contributed by atoms with Crippen molar-refractivity contribution >= 4 is 11.6 Å². The first-order valence-electron chi connectivity index (χ1n) is 6.27. The van der Waals surface area contributed by atoms with Crippen LogP contribution in [-0.4, -0.2) is 0 Å². The number of halogens is 1. The van der Waals surface area contributed by atoms with E-state index in [0.29, 0.717) is 17.2 Å². The Balaban J connectivity index is 2.03. The van der Waals surface area contributed by atoms with Crippen molar-refractivity contribution in [3.63, 3.8) is 0 Å². The van der Waals surface area contributed by atoms with E-state index in [9.17, 15) is 0 Å². The van der Waals surface area contributed by atoms with Gasteiger partial charge in [-0.1, -0.05) is 29.8 Å². The van der Waals surface area contributed by atoms with Crippen LogP contribution in [0.1, 0.15) is 29.7 Å². The summed E-state index contributed by atoms with van der Waals surface area (Å²) in [6.07, 6.45) is 0. The predicted molar refractivity (Wildman–Crippen MR) is 79.5 cm³/mol. The van der Waals surface area contributed by atoms with E-state index in [1.165, 1.54) is 0 Å². The molecule has 0 bridgehead atoms. The van der Waals surface area contributed by atoms with Crippen LogP contribution in [0.25, 0.3) is 0 Å². The van der Waals surface area contributed by atoms with Crippen molar-refractivity contribution in [3.05, 3.63) is 64.2 Å². The fraction of sp³-hybridized carbons (Fsp3) is 0.188. The van der Waals surface area contributed by atoms with E-state index in [1.54, 1.807) is 18.2 Å². The zero-order valence-electron chi connectivity index (χ0n) is 11.1. The Labute approximate surface area is 123 Å². The lowest BCUT2D eigenvalue weighted by molar-refractivity contribution is 0.306. The van der Waals surface area contributed by atoms with Gasteiger partial charge in [-0.15, -0.1) is 0 Å². The molecule has 20 heavy (non-hydrogen) atoms. The molecule has 2 aromatic carbocycles. The molecule has 1 atom stereocenters. The predicted octanol–water partition coefficient (Wildman–Crippen LogP) is 3.81. The van der Waals surface area contributed by atoms with E-state index in [0.717, 1.165) is 16.9 Å². The van der Waals surface area contributed by atoms with Gasteiger partial charge in [0.25, 0.3) is 0 Å². The average molecular weight is 287 g/mol. The van der Waals surface area contributed by atoms with Crippen LogP contribution in [0.15, 0.2) is 42.5 Å². The molecule has 0 unspecified atom stereocenters. The fourth-order valence-electron chi connectivity index (χ4n) is 1.76. The Kier molecular flexibility index (Phi) is 4.62. The summed E-state index contributed by atoms with van der Waals surface area (Å²) in [6.45, 7) is 2.30. The van der Waals surface area contributed by atoms with Gasteiger partial charge in [-0.3, -0.25) is 0 Å². The first-order valence-corrected chi connectivity index (χ1v) is 6.65. The van der Waals surface area contributed by atoms with Gasteiger partial charge in [-0.05, 0) is 36.8 Å². The summed E-state index contributed by atoms with van der Waals surface area (Å²) in [5, 5.41) is 9.32. The quantitative estimate of drug-likeness (QED) is 0.930. The lowest BCUT2D eigenvalue weighted by atomic mass is 10.1. The average Bonchev–Trinajstić information content (AvgIpc) is 2.46. The van der Waals surface area contributed by atoms with Gasteiger partial charge in [0, 0.05) is 16.6 Å². The van der Waals surface area contributed by atoms with E-state index in [-0.39, 0.29) is 6.04 Å². The lowest BCUT2D eigenvalue weighted by Gasteiger charge is -2.10. The second-order valence-electron chi connectivity index (χ2n) is 4.56. The summed E-state index contributed by atoms with van der Waals surface area (Å²) in [4.78, 5) is 0. The van der Waals surface area contributed by atoms with Gasteiger partial charge in [-0.25, -0.2) is 0 Å². The zero-order valence-corrected chi connectivity index (χ0v) is 11.9. The van der Waals surface area contributed by atoms with Gasteiger partial charge in [0.2, 0.25) is 0 Å². The number of rotatable bonds is 4.